The highest BCUT2D eigenvalue weighted by Gasteiger charge is 2.38. The lowest BCUT2D eigenvalue weighted by atomic mass is 9.84. The molecule has 5 nitrogen and oxygen atoms in total. The molecule has 1 saturated heterocycles. The Morgan fingerprint density at radius 3 is 2.67 bits per heavy atom. The van der Waals surface area contributed by atoms with E-state index in [1.807, 2.05) is 30.3 Å². The molecule has 1 atom stereocenters. The maximum absolute atomic E-state index is 14.9. The first kappa shape index (κ1) is 25.8. The number of hydrogen-bond donors (Lipinski definition) is 0. The third-order valence-corrected chi connectivity index (χ3v) is 8.88. The summed E-state index contributed by atoms with van der Waals surface area (Å²) in [6, 6.07) is 9.62. The van der Waals surface area contributed by atoms with Crippen molar-refractivity contribution < 1.29 is 13.6 Å². The predicted molar refractivity (Wildman–Crippen MR) is 148 cm³/mol. The molecule has 2 aromatic heterocycles. The van der Waals surface area contributed by atoms with Gasteiger partial charge >= 0.3 is 3.93 Å². The van der Waals surface area contributed by atoms with Crippen LogP contribution in [0.3, 0.4) is 0 Å². The number of nitrogens with zero attached hydrogens (tertiary/aromatic N) is 4. The van der Waals surface area contributed by atoms with Crippen LogP contribution in [0, 0.1) is 0 Å². The maximum Gasteiger partial charge on any atom is 0.340 e. The fourth-order valence-electron chi connectivity index (χ4n) is 5.24. The van der Waals surface area contributed by atoms with Crippen molar-refractivity contribution in [2.75, 3.05) is 26.7 Å². The van der Waals surface area contributed by atoms with Gasteiger partial charge in [-0.3, -0.25) is 9.48 Å². The van der Waals surface area contributed by atoms with Crippen molar-refractivity contribution in [2.45, 2.75) is 35.3 Å². The van der Waals surface area contributed by atoms with E-state index in [-0.39, 0.29) is 23.6 Å². The Balaban J connectivity index is 1.62. The van der Waals surface area contributed by atoms with Crippen molar-refractivity contribution in [3.8, 4) is 11.1 Å². The number of carbonyl (C=O) groups excluding carboxylic acids is 1. The Morgan fingerprint density at radius 2 is 1.97 bits per heavy atom. The maximum atomic E-state index is 14.9. The number of aromatic nitrogens is 2. The minimum absolute atomic E-state index is 0.0808. The van der Waals surface area contributed by atoms with Gasteiger partial charge in [0, 0.05) is 51.7 Å². The van der Waals surface area contributed by atoms with Crippen LogP contribution >= 0.6 is 45.5 Å². The molecule has 190 valence electrons. The van der Waals surface area contributed by atoms with E-state index in [0.29, 0.717) is 28.6 Å². The number of thiophene rings is 1. The molecule has 0 unspecified atom stereocenters. The Hall–Kier alpha value is -1.82. The number of amides is 1. The van der Waals surface area contributed by atoms with E-state index in [9.17, 15) is 13.6 Å². The molecule has 0 bridgehead atoms. The number of carbonyl (C=O) groups is 1. The van der Waals surface area contributed by atoms with Gasteiger partial charge in [0.05, 0.1) is 16.9 Å². The summed E-state index contributed by atoms with van der Waals surface area (Å²) >= 11 is 9.00. The van der Waals surface area contributed by atoms with Gasteiger partial charge in [0.1, 0.15) is 5.69 Å². The van der Waals surface area contributed by atoms with Crippen LogP contribution in [-0.4, -0.2) is 52.2 Å². The summed E-state index contributed by atoms with van der Waals surface area (Å²) in [7, 11) is 2.07. The van der Waals surface area contributed by atoms with E-state index in [1.165, 1.54) is 40.0 Å². The van der Waals surface area contributed by atoms with Crippen LogP contribution in [0.1, 0.15) is 46.5 Å². The van der Waals surface area contributed by atoms with Gasteiger partial charge in [-0.2, -0.15) is 13.9 Å². The molecule has 0 saturated carbocycles. The summed E-state index contributed by atoms with van der Waals surface area (Å²) in [5, 5.41) is 4.44. The van der Waals surface area contributed by atoms with E-state index < -0.39 is 3.93 Å². The average molecular weight is 643 g/mol. The molecule has 36 heavy (non-hydrogen) atoms. The SMILES string of the molecule is C=CC(=O)N1Cc2sc(Cl)cc2[C@H](c2ccccc2-c2cn(C3CCN(C)CC3)nc2C(F)(F)I)C1. The molecule has 0 N–H and O–H groups in total. The zero-order valence-corrected chi connectivity index (χ0v) is 23.5. The molecular weight excluding hydrogens is 617 g/mol. The van der Waals surface area contributed by atoms with Crippen LogP contribution in [0.5, 0.6) is 0 Å². The molecule has 2 aliphatic rings. The number of alkyl halides is 3. The summed E-state index contributed by atoms with van der Waals surface area (Å²) in [4.78, 5) is 17.5. The van der Waals surface area contributed by atoms with Gasteiger partial charge < -0.3 is 9.80 Å². The van der Waals surface area contributed by atoms with Crippen molar-refractivity contribution in [3.05, 3.63) is 75.2 Å². The fourth-order valence-corrected chi connectivity index (χ4v) is 6.99. The van der Waals surface area contributed by atoms with Gasteiger partial charge in [0.15, 0.2) is 0 Å². The van der Waals surface area contributed by atoms with Gasteiger partial charge in [-0.05, 0) is 61.8 Å². The molecule has 3 aromatic rings. The smallest absolute Gasteiger partial charge is 0.333 e. The first-order valence-corrected chi connectivity index (χ1v) is 14.1. The fraction of sp³-hybridized carbons (Fsp3) is 0.385. The molecule has 4 heterocycles. The molecule has 0 aliphatic carbocycles. The Bertz CT molecular complexity index is 1300. The zero-order chi connectivity index (χ0) is 25.6. The van der Waals surface area contributed by atoms with E-state index in [1.54, 1.807) is 15.8 Å². The number of fused-ring (bicyclic) bond motifs is 1. The number of halogens is 4. The number of benzene rings is 1. The zero-order valence-electron chi connectivity index (χ0n) is 19.8. The van der Waals surface area contributed by atoms with Crippen LogP contribution in [0.4, 0.5) is 8.78 Å². The quantitative estimate of drug-likeness (QED) is 0.177. The second-order valence-electron chi connectivity index (χ2n) is 9.40. The lowest BCUT2D eigenvalue weighted by molar-refractivity contribution is -0.127. The first-order chi connectivity index (χ1) is 17.2. The minimum atomic E-state index is -3.13. The average Bonchev–Trinajstić information content (AvgIpc) is 3.47. The van der Waals surface area contributed by atoms with Crippen molar-refractivity contribution in [2.24, 2.45) is 0 Å². The summed E-state index contributed by atoms with van der Waals surface area (Å²) in [6.07, 6.45) is 4.82. The van der Waals surface area contributed by atoms with Gasteiger partial charge in [-0.1, -0.05) is 42.4 Å². The van der Waals surface area contributed by atoms with Gasteiger partial charge in [-0.25, -0.2) is 0 Å². The van der Waals surface area contributed by atoms with Gasteiger partial charge in [0.2, 0.25) is 5.91 Å². The Kier molecular flexibility index (Phi) is 7.28. The van der Waals surface area contributed by atoms with Gasteiger partial charge in [0.25, 0.3) is 0 Å². The van der Waals surface area contributed by atoms with E-state index in [4.69, 9.17) is 11.6 Å². The highest BCUT2D eigenvalue weighted by Crippen LogP contribution is 2.46. The molecule has 2 aliphatic heterocycles. The lowest BCUT2D eigenvalue weighted by Crippen LogP contribution is -2.37. The normalized spacial score (nSPS) is 19.4. The second kappa shape index (κ2) is 10.2. The van der Waals surface area contributed by atoms with Crippen LogP contribution in [0.2, 0.25) is 4.34 Å². The van der Waals surface area contributed by atoms with Crippen molar-refractivity contribution in [1.29, 1.82) is 0 Å². The van der Waals surface area contributed by atoms with Crippen LogP contribution in [-0.2, 0) is 15.3 Å². The predicted octanol–water partition coefficient (Wildman–Crippen LogP) is 6.68. The van der Waals surface area contributed by atoms with Gasteiger partial charge in [-0.15, -0.1) is 11.3 Å². The summed E-state index contributed by atoms with van der Waals surface area (Å²) in [6.45, 7) is 6.33. The molecule has 1 fully saturated rings. The minimum Gasteiger partial charge on any atom is -0.333 e. The second-order valence-corrected chi connectivity index (χ2v) is 12.5. The van der Waals surface area contributed by atoms with E-state index in [2.05, 4.69) is 23.6 Å². The molecule has 1 amide bonds. The van der Waals surface area contributed by atoms with Crippen LogP contribution in [0.15, 0.2) is 49.2 Å². The first-order valence-electron chi connectivity index (χ1n) is 11.8. The number of hydrogen-bond acceptors (Lipinski definition) is 4. The largest absolute Gasteiger partial charge is 0.340 e. The van der Waals surface area contributed by atoms with Crippen molar-refractivity contribution in [1.82, 2.24) is 19.6 Å². The molecule has 10 heteroatoms. The monoisotopic (exact) mass is 642 g/mol. The highest BCUT2D eigenvalue weighted by atomic mass is 127. The third kappa shape index (κ3) is 4.99. The van der Waals surface area contributed by atoms with Crippen molar-refractivity contribution >= 4 is 51.4 Å². The summed E-state index contributed by atoms with van der Waals surface area (Å²) in [5.41, 5.74) is 2.82. The molecular formula is C26H26ClF2IN4OS. The lowest BCUT2D eigenvalue weighted by Gasteiger charge is -2.33. The molecule has 5 rings (SSSR count). The van der Waals surface area contributed by atoms with Crippen LogP contribution in [0.25, 0.3) is 11.1 Å². The molecule has 0 spiro atoms. The van der Waals surface area contributed by atoms with E-state index in [0.717, 1.165) is 41.9 Å². The van der Waals surface area contributed by atoms with Crippen LogP contribution < -0.4 is 0 Å². The summed E-state index contributed by atoms with van der Waals surface area (Å²) < 4.78 is 29.0. The Morgan fingerprint density at radius 1 is 1.25 bits per heavy atom. The standard InChI is InChI=1S/C26H26ClF2IN4OS/c1-3-24(35)33-13-20(19-12-23(27)36-22(19)15-33)17-6-4-5-7-18(17)21-14-34(31-25(21)26(28,29)30)16-8-10-32(2)11-9-16/h3-7,12,14,16,20H,1,8-11,13,15H2,2H3/t20-/m0/s1. The number of piperidine rings is 1. The van der Waals surface area contributed by atoms with E-state index >= 15 is 0 Å². The molecule has 0 radical (unpaired) electrons. The third-order valence-electron chi connectivity index (χ3n) is 7.10. The summed E-state index contributed by atoms with van der Waals surface area (Å²) in [5.74, 6) is -0.373. The Labute approximate surface area is 231 Å². The number of rotatable bonds is 5. The van der Waals surface area contributed by atoms with Crippen molar-refractivity contribution in [3.63, 3.8) is 0 Å². The number of likely N-dealkylation sites (tertiary alicyclic amines) is 1. The topological polar surface area (TPSA) is 41.4 Å². The molecule has 1 aromatic carbocycles. The highest BCUT2D eigenvalue weighted by molar-refractivity contribution is 14.1.